The minimum atomic E-state index is -0.829. The largest absolute Gasteiger partial charge is 0.481 e. The van der Waals surface area contributed by atoms with Crippen LogP contribution in [0.5, 0.6) is 0 Å². The Balaban J connectivity index is 1.91. The third-order valence-corrected chi connectivity index (χ3v) is 3.91. The van der Waals surface area contributed by atoms with Gasteiger partial charge in [-0.05, 0) is 39.0 Å². The highest BCUT2D eigenvalue weighted by Crippen LogP contribution is 2.31. The van der Waals surface area contributed by atoms with E-state index in [4.69, 9.17) is 5.11 Å². The number of rotatable bonds is 3. The summed E-state index contributed by atoms with van der Waals surface area (Å²) in [6, 6.07) is -0.216. The van der Waals surface area contributed by atoms with Gasteiger partial charge in [0.25, 0.3) is 0 Å². The third-order valence-electron chi connectivity index (χ3n) is 3.91. The lowest BCUT2D eigenvalue weighted by Crippen LogP contribution is -2.56. The average Bonchev–Trinajstić information content (AvgIpc) is 2.62. The quantitative estimate of drug-likeness (QED) is 0.786. The molecule has 0 aromatic rings. The van der Waals surface area contributed by atoms with E-state index in [-0.39, 0.29) is 24.0 Å². The number of carboxylic acid groups (broad SMARTS) is 1. The van der Waals surface area contributed by atoms with Gasteiger partial charge < -0.3 is 15.3 Å². The van der Waals surface area contributed by atoms with Gasteiger partial charge in [0.15, 0.2) is 0 Å². The standard InChI is InChI=1S/C12H20N2O3/c1-12(5-3-6-12)13-11(17)14-7-2-4-9(14)8-10(15)16/h9H,2-8H2,1H3,(H,13,17)(H,15,16). The van der Waals surface area contributed by atoms with Gasteiger partial charge in [0.2, 0.25) is 0 Å². The number of carbonyl (C=O) groups excluding carboxylic acids is 1. The predicted molar refractivity (Wildman–Crippen MR) is 62.8 cm³/mol. The molecule has 2 N–H and O–H groups in total. The number of likely N-dealkylation sites (tertiary alicyclic amines) is 1. The summed E-state index contributed by atoms with van der Waals surface area (Å²) in [7, 11) is 0. The summed E-state index contributed by atoms with van der Waals surface area (Å²) in [5.41, 5.74) is -0.0621. The van der Waals surface area contributed by atoms with Gasteiger partial charge in [-0.2, -0.15) is 0 Å². The first-order valence-corrected chi connectivity index (χ1v) is 6.31. The molecular weight excluding hydrogens is 220 g/mol. The molecule has 2 fully saturated rings. The Morgan fingerprint density at radius 2 is 2.12 bits per heavy atom. The minimum absolute atomic E-state index is 0.0597. The first kappa shape index (κ1) is 12.2. The second-order valence-electron chi connectivity index (χ2n) is 5.43. The Morgan fingerprint density at radius 1 is 1.41 bits per heavy atom. The van der Waals surface area contributed by atoms with Crippen molar-refractivity contribution < 1.29 is 14.7 Å². The molecule has 2 rings (SSSR count). The highest BCUT2D eigenvalue weighted by molar-refractivity contribution is 5.77. The molecule has 1 aliphatic heterocycles. The fourth-order valence-electron chi connectivity index (χ4n) is 2.68. The molecule has 0 aromatic carbocycles. The van der Waals surface area contributed by atoms with Crippen molar-refractivity contribution in [3.63, 3.8) is 0 Å². The number of amides is 2. The molecule has 96 valence electrons. The van der Waals surface area contributed by atoms with Crippen molar-refractivity contribution in [2.45, 2.75) is 57.0 Å². The smallest absolute Gasteiger partial charge is 0.318 e. The van der Waals surface area contributed by atoms with Crippen molar-refractivity contribution in [2.24, 2.45) is 0 Å². The number of hydrogen-bond donors (Lipinski definition) is 2. The molecule has 1 saturated heterocycles. The van der Waals surface area contributed by atoms with E-state index in [0.717, 1.165) is 32.1 Å². The molecular formula is C12H20N2O3. The summed E-state index contributed by atoms with van der Waals surface area (Å²) >= 11 is 0. The molecule has 2 aliphatic rings. The molecule has 1 heterocycles. The van der Waals surface area contributed by atoms with Crippen molar-refractivity contribution in [3.05, 3.63) is 0 Å². The number of nitrogens with zero attached hydrogens (tertiary/aromatic N) is 1. The van der Waals surface area contributed by atoms with E-state index in [9.17, 15) is 9.59 Å². The van der Waals surface area contributed by atoms with Crippen LogP contribution < -0.4 is 5.32 Å². The topological polar surface area (TPSA) is 69.6 Å². The molecule has 1 aliphatic carbocycles. The number of carbonyl (C=O) groups is 2. The summed E-state index contributed by atoms with van der Waals surface area (Å²) in [6.07, 6.45) is 4.98. The molecule has 1 saturated carbocycles. The molecule has 5 nitrogen and oxygen atoms in total. The van der Waals surface area contributed by atoms with Gasteiger partial charge >= 0.3 is 12.0 Å². The monoisotopic (exact) mass is 240 g/mol. The normalized spacial score (nSPS) is 26.4. The third kappa shape index (κ3) is 2.70. The van der Waals surface area contributed by atoms with Gasteiger partial charge in [0, 0.05) is 18.1 Å². The second-order valence-corrected chi connectivity index (χ2v) is 5.43. The van der Waals surface area contributed by atoms with Crippen LogP contribution in [-0.4, -0.2) is 40.1 Å². The van der Waals surface area contributed by atoms with Crippen molar-refractivity contribution >= 4 is 12.0 Å². The first-order chi connectivity index (χ1) is 8.00. The summed E-state index contributed by atoms with van der Waals surface area (Å²) in [5, 5.41) is 11.8. The maximum Gasteiger partial charge on any atom is 0.318 e. The summed E-state index contributed by atoms with van der Waals surface area (Å²) in [6.45, 7) is 2.73. The maximum absolute atomic E-state index is 12.1. The minimum Gasteiger partial charge on any atom is -0.481 e. The zero-order chi connectivity index (χ0) is 12.5. The number of carboxylic acids is 1. The number of hydrogen-bond acceptors (Lipinski definition) is 2. The van der Waals surface area contributed by atoms with Crippen LogP contribution in [0.1, 0.15) is 45.4 Å². The first-order valence-electron chi connectivity index (χ1n) is 6.31. The summed E-state index contributed by atoms with van der Waals surface area (Å²) in [5.74, 6) is -0.829. The van der Waals surface area contributed by atoms with Crippen LogP contribution in [0.4, 0.5) is 4.79 Å². The van der Waals surface area contributed by atoms with Gasteiger partial charge in [-0.3, -0.25) is 4.79 Å². The molecule has 2 amide bonds. The molecule has 0 aromatic heterocycles. The van der Waals surface area contributed by atoms with E-state index in [1.54, 1.807) is 4.90 Å². The zero-order valence-electron chi connectivity index (χ0n) is 10.2. The van der Waals surface area contributed by atoms with Crippen LogP contribution in [0.15, 0.2) is 0 Å². The second kappa shape index (κ2) is 4.55. The van der Waals surface area contributed by atoms with Crippen LogP contribution in [0.2, 0.25) is 0 Å². The van der Waals surface area contributed by atoms with Crippen LogP contribution in [0, 0.1) is 0 Å². The van der Waals surface area contributed by atoms with Gasteiger partial charge in [-0.15, -0.1) is 0 Å². The summed E-state index contributed by atoms with van der Waals surface area (Å²) in [4.78, 5) is 24.5. The Bertz CT molecular complexity index is 326. The van der Waals surface area contributed by atoms with E-state index in [2.05, 4.69) is 12.2 Å². The van der Waals surface area contributed by atoms with Crippen LogP contribution >= 0.6 is 0 Å². The zero-order valence-corrected chi connectivity index (χ0v) is 10.2. The van der Waals surface area contributed by atoms with E-state index in [1.165, 1.54) is 0 Å². The van der Waals surface area contributed by atoms with Crippen LogP contribution in [0.3, 0.4) is 0 Å². The SMILES string of the molecule is CC1(NC(=O)N2CCCC2CC(=O)O)CCC1. The molecule has 0 bridgehead atoms. The van der Waals surface area contributed by atoms with Crippen LogP contribution in [0.25, 0.3) is 0 Å². The highest BCUT2D eigenvalue weighted by Gasteiger charge is 2.37. The van der Waals surface area contributed by atoms with E-state index in [0.29, 0.717) is 6.54 Å². The molecule has 0 radical (unpaired) electrons. The predicted octanol–water partition coefficient (Wildman–Crippen LogP) is 1.58. The number of nitrogens with one attached hydrogen (secondary N) is 1. The fraction of sp³-hybridized carbons (Fsp3) is 0.833. The Hall–Kier alpha value is -1.26. The fourth-order valence-corrected chi connectivity index (χ4v) is 2.68. The Labute approximate surface area is 101 Å². The van der Waals surface area contributed by atoms with Crippen LogP contribution in [-0.2, 0) is 4.79 Å². The average molecular weight is 240 g/mol. The number of aliphatic carboxylic acids is 1. The Morgan fingerprint density at radius 3 is 2.65 bits per heavy atom. The molecule has 5 heteroatoms. The molecule has 0 spiro atoms. The lowest BCUT2D eigenvalue weighted by atomic mass is 9.79. The molecule has 17 heavy (non-hydrogen) atoms. The van der Waals surface area contributed by atoms with Crippen molar-refractivity contribution in [2.75, 3.05) is 6.54 Å². The lowest BCUT2D eigenvalue weighted by molar-refractivity contribution is -0.137. The summed E-state index contributed by atoms with van der Waals surface area (Å²) < 4.78 is 0. The van der Waals surface area contributed by atoms with E-state index < -0.39 is 5.97 Å². The molecule has 1 atom stereocenters. The van der Waals surface area contributed by atoms with Gasteiger partial charge in [-0.25, -0.2) is 4.79 Å². The van der Waals surface area contributed by atoms with E-state index >= 15 is 0 Å². The van der Waals surface area contributed by atoms with E-state index in [1.807, 2.05) is 0 Å². The Kier molecular flexibility index (Phi) is 3.26. The lowest BCUT2D eigenvalue weighted by Gasteiger charge is -2.40. The van der Waals surface area contributed by atoms with Crippen molar-refractivity contribution in [1.29, 1.82) is 0 Å². The number of urea groups is 1. The molecule has 1 unspecified atom stereocenters. The van der Waals surface area contributed by atoms with Gasteiger partial charge in [0.05, 0.1) is 6.42 Å². The van der Waals surface area contributed by atoms with Gasteiger partial charge in [-0.1, -0.05) is 0 Å². The van der Waals surface area contributed by atoms with Crippen molar-refractivity contribution in [3.8, 4) is 0 Å². The van der Waals surface area contributed by atoms with Crippen molar-refractivity contribution in [1.82, 2.24) is 10.2 Å². The highest BCUT2D eigenvalue weighted by atomic mass is 16.4. The van der Waals surface area contributed by atoms with Gasteiger partial charge in [0.1, 0.15) is 0 Å². The maximum atomic E-state index is 12.1.